The van der Waals surface area contributed by atoms with Gasteiger partial charge in [-0.05, 0) is 19.3 Å². The fourth-order valence-corrected chi connectivity index (χ4v) is 3.73. The quantitative estimate of drug-likeness (QED) is 0.817. The van der Waals surface area contributed by atoms with Crippen molar-refractivity contribution in [2.45, 2.75) is 26.3 Å². The smallest absolute Gasteiger partial charge is 0.226 e. The first-order valence-electron chi connectivity index (χ1n) is 9.29. The van der Waals surface area contributed by atoms with E-state index in [2.05, 4.69) is 34.9 Å². The van der Waals surface area contributed by atoms with Gasteiger partial charge in [-0.15, -0.1) is 0 Å². The third kappa shape index (κ3) is 3.25. The largest absolute Gasteiger partial charge is 0.351 e. The van der Waals surface area contributed by atoms with Gasteiger partial charge < -0.3 is 9.80 Å². The molecule has 1 saturated carbocycles. The molecule has 2 aromatic rings. The third-order valence-corrected chi connectivity index (χ3v) is 5.51. The lowest BCUT2D eigenvalue weighted by Crippen LogP contribution is -2.54. The number of hydrogen-bond acceptors (Lipinski definition) is 6. The normalized spacial score (nSPS) is 24.6. The number of anilines is 1. The van der Waals surface area contributed by atoms with E-state index in [4.69, 9.17) is 4.98 Å². The molecule has 2 aromatic heterocycles. The van der Waals surface area contributed by atoms with E-state index in [0.717, 1.165) is 17.8 Å². The minimum absolute atomic E-state index is 0.123. The Kier molecular flexibility index (Phi) is 4.30. The van der Waals surface area contributed by atoms with Gasteiger partial charge in [0.05, 0.1) is 12.4 Å². The van der Waals surface area contributed by atoms with E-state index in [9.17, 15) is 10.1 Å². The molecule has 3 atom stereocenters. The Morgan fingerprint density at radius 3 is 2.67 bits per heavy atom. The van der Waals surface area contributed by atoms with Crippen LogP contribution >= 0.6 is 0 Å². The summed E-state index contributed by atoms with van der Waals surface area (Å²) in [7, 11) is 1.82. The standard InChI is InChI=1S/C19H23N7O/c1-12-6-15(12)19(27)26-5-4-25(10-13(26)2)17-9-21-16(7-20)18(23-17)14-8-22-24(3)11-14/h8-9,11-13,15H,4-6,10H2,1-3H3/t12-,13-,15-/m1/s1. The summed E-state index contributed by atoms with van der Waals surface area (Å²) < 4.78 is 1.68. The van der Waals surface area contributed by atoms with Gasteiger partial charge in [-0.1, -0.05) is 6.92 Å². The van der Waals surface area contributed by atoms with Crippen LogP contribution in [0.4, 0.5) is 5.82 Å². The summed E-state index contributed by atoms with van der Waals surface area (Å²) in [4.78, 5) is 25.7. The number of carbonyl (C=O) groups excluding carboxylic acids is 1. The Hall–Kier alpha value is -2.95. The van der Waals surface area contributed by atoms with Gasteiger partial charge in [0.1, 0.15) is 17.6 Å². The predicted octanol–water partition coefficient (Wildman–Crippen LogP) is 1.44. The molecule has 0 spiro atoms. The van der Waals surface area contributed by atoms with Gasteiger partial charge in [0, 0.05) is 50.4 Å². The van der Waals surface area contributed by atoms with Crippen molar-refractivity contribution in [3.05, 3.63) is 24.3 Å². The number of carbonyl (C=O) groups is 1. The average molecular weight is 365 g/mol. The summed E-state index contributed by atoms with van der Waals surface area (Å²) in [6.07, 6.45) is 6.17. The number of nitrogens with zero attached hydrogens (tertiary/aromatic N) is 7. The number of amides is 1. The van der Waals surface area contributed by atoms with Crippen LogP contribution in [0.25, 0.3) is 11.3 Å². The number of nitriles is 1. The lowest BCUT2D eigenvalue weighted by Gasteiger charge is -2.40. The number of aryl methyl sites for hydroxylation is 1. The second-order valence-electron chi connectivity index (χ2n) is 7.59. The van der Waals surface area contributed by atoms with E-state index in [-0.39, 0.29) is 23.6 Å². The molecule has 1 aliphatic heterocycles. The van der Waals surface area contributed by atoms with Crippen molar-refractivity contribution < 1.29 is 4.79 Å². The molecule has 8 heteroatoms. The Labute approximate surface area is 158 Å². The van der Waals surface area contributed by atoms with E-state index >= 15 is 0 Å². The number of aromatic nitrogens is 4. The highest BCUT2D eigenvalue weighted by molar-refractivity contribution is 5.82. The SMILES string of the molecule is C[C@@H]1C[C@H]1C(=O)N1CCN(c2cnc(C#N)c(-c3cnn(C)c3)n2)C[C@H]1C. The van der Waals surface area contributed by atoms with Crippen molar-refractivity contribution >= 4 is 11.7 Å². The summed E-state index contributed by atoms with van der Waals surface area (Å²) in [6.45, 7) is 6.32. The summed E-state index contributed by atoms with van der Waals surface area (Å²) in [5.41, 5.74) is 1.60. The van der Waals surface area contributed by atoms with E-state index < -0.39 is 0 Å². The summed E-state index contributed by atoms with van der Waals surface area (Å²) in [5.74, 6) is 1.75. The maximum Gasteiger partial charge on any atom is 0.226 e. The van der Waals surface area contributed by atoms with E-state index in [1.54, 1.807) is 17.1 Å². The van der Waals surface area contributed by atoms with Gasteiger partial charge >= 0.3 is 0 Å². The van der Waals surface area contributed by atoms with Crippen LogP contribution in [0.5, 0.6) is 0 Å². The van der Waals surface area contributed by atoms with Gasteiger partial charge in [-0.3, -0.25) is 9.48 Å². The lowest BCUT2D eigenvalue weighted by molar-refractivity contribution is -0.135. The highest BCUT2D eigenvalue weighted by atomic mass is 16.2. The third-order valence-electron chi connectivity index (χ3n) is 5.51. The van der Waals surface area contributed by atoms with Crippen molar-refractivity contribution in [1.82, 2.24) is 24.6 Å². The first kappa shape index (κ1) is 17.5. The fourth-order valence-electron chi connectivity index (χ4n) is 3.73. The highest BCUT2D eigenvalue weighted by Crippen LogP contribution is 2.40. The highest BCUT2D eigenvalue weighted by Gasteiger charge is 2.43. The number of piperazine rings is 1. The van der Waals surface area contributed by atoms with Crippen molar-refractivity contribution in [3.8, 4) is 17.3 Å². The zero-order chi connectivity index (χ0) is 19.1. The Morgan fingerprint density at radius 1 is 1.30 bits per heavy atom. The van der Waals surface area contributed by atoms with Crippen LogP contribution in [0, 0.1) is 23.2 Å². The Morgan fingerprint density at radius 2 is 2.07 bits per heavy atom. The second-order valence-corrected chi connectivity index (χ2v) is 7.59. The Bertz CT molecular complexity index is 915. The lowest BCUT2D eigenvalue weighted by atomic mass is 10.1. The van der Waals surface area contributed by atoms with Crippen molar-refractivity contribution in [1.29, 1.82) is 5.26 Å². The fraction of sp³-hybridized carbons (Fsp3) is 0.526. The summed E-state index contributed by atoms with van der Waals surface area (Å²) in [6, 6.07) is 2.23. The first-order chi connectivity index (χ1) is 13.0. The van der Waals surface area contributed by atoms with Crippen LogP contribution in [0.15, 0.2) is 18.6 Å². The molecule has 4 rings (SSSR count). The zero-order valence-electron chi connectivity index (χ0n) is 15.8. The molecule has 1 amide bonds. The van der Waals surface area contributed by atoms with Crippen LogP contribution in [0.2, 0.25) is 0 Å². The molecule has 1 aliphatic carbocycles. The monoisotopic (exact) mass is 365 g/mol. The predicted molar refractivity (Wildman–Crippen MR) is 99.6 cm³/mol. The molecule has 0 bridgehead atoms. The molecule has 27 heavy (non-hydrogen) atoms. The van der Waals surface area contributed by atoms with Crippen molar-refractivity contribution in [2.24, 2.45) is 18.9 Å². The Balaban J connectivity index is 1.54. The van der Waals surface area contributed by atoms with Gasteiger partial charge in [0.25, 0.3) is 0 Å². The molecule has 0 unspecified atom stereocenters. The molecule has 140 valence electrons. The van der Waals surface area contributed by atoms with Crippen molar-refractivity contribution in [3.63, 3.8) is 0 Å². The molecule has 2 fully saturated rings. The minimum atomic E-state index is 0.123. The van der Waals surface area contributed by atoms with Crippen molar-refractivity contribution in [2.75, 3.05) is 24.5 Å². The van der Waals surface area contributed by atoms with Gasteiger partial charge in [-0.2, -0.15) is 10.4 Å². The average Bonchev–Trinajstić information content (AvgIpc) is 3.24. The maximum absolute atomic E-state index is 12.6. The van der Waals surface area contributed by atoms with E-state index in [0.29, 0.717) is 31.2 Å². The van der Waals surface area contributed by atoms with Crippen LogP contribution in [-0.2, 0) is 11.8 Å². The van der Waals surface area contributed by atoms with E-state index in [1.165, 1.54) is 0 Å². The molecular formula is C19H23N7O. The first-order valence-corrected chi connectivity index (χ1v) is 9.29. The van der Waals surface area contributed by atoms with E-state index in [1.807, 2.05) is 18.1 Å². The number of rotatable bonds is 3. The molecule has 0 N–H and O–H groups in total. The molecule has 0 aromatic carbocycles. The molecular weight excluding hydrogens is 342 g/mol. The molecule has 0 radical (unpaired) electrons. The van der Waals surface area contributed by atoms with Crippen LogP contribution in [0.1, 0.15) is 26.0 Å². The van der Waals surface area contributed by atoms with Gasteiger partial charge in [0.2, 0.25) is 5.91 Å². The topological polar surface area (TPSA) is 90.9 Å². The van der Waals surface area contributed by atoms with Gasteiger partial charge in [0.15, 0.2) is 5.69 Å². The second kappa shape index (κ2) is 6.65. The van der Waals surface area contributed by atoms with Crippen LogP contribution in [-0.4, -0.2) is 56.2 Å². The van der Waals surface area contributed by atoms with Crippen LogP contribution in [0.3, 0.4) is 0 Å². The summed E-state index contributed by atoms with van der Waals surface area (Å²) >= 11 is 0. The number of hydrogen-bond donors (Lipinski definition) is 0. The van der Waals surface area contributed by atoms with Crippen LogP contribution < -0.4 is 4.90 Å². The van der Waals surface area contributed by atoms with Gasteiger partial charge in [-0.25, -0.2) is 9.97 Å². The molecule has 2 aliphatic rings. The molecule has 3 heterocycles. The summed E-state index contributed by atoms with van der Waals surface area (Å²) in [5, 5.41) is 13.5. The molecule has 8 nitrogen and oxygen atoms in total. The molecule has 1 saturated heterocycles. The minimum Gasteiger partial charge on any atom is -0.351 e. The maximum atomic E-state index is 12.6. The zero-order valence-corrected chi connectivity index (χ0v) is 15.8.